The molecule has 1 saturated heterocycles. The van der Waals surface area contributed by atoms with Crippen LogP contribution in [0, 0.1) is 0 Å². The Morgan fingerprint density at radius 2 is 2.04 bits per heavy atom. The van der Waals surface area contributed by atoms with E-state index in [0.717, 1.165) is 13.1 Å². The molecule has 28 heavy (non-hydrogen) atoms. The summed E-state index contributed by atoms with van der Waals surface area (Å²) >= 11 is 1.46. The Hall–Kier alpha value is -2.53. The molecule has 3 aliphatic heterocycles. The van der Waals surface area contributed by atoms with Crippen LogP contribution in [-0.4, -0.2) is 90.9 Å². The van der Waals surface area contributed by atoms with E-state index in [2.05, 4.69) is 15.1 Å². The van der Waals surface area contributed by atoms with Gasteiger partial charge in [0.05, 0.1) is 18.6 Å². The molecule has 1 atom stereocenters. The molecule has 3 aliphatic rings. The highest BCUT2D eigenvalue weighted by Gasteiger charge is 2.47. The number of rotatable bonds is 3. The second-order valence-electron chi connectivity index (χ2n) is 6.53. The number of aromatic nitrogens is 2. The number of amides is 2. The standard InChI is InChI=1S/C17H21N5O5S/c1-20-5-7-21(8-6-20)17(24)27-16-14-13(26-9-10-28-14)15(23)22(16)11-3-4-12(25-2)19-18-11/h3-4,16H,5-10H2,1-2H3. The average molecular weight is 407 g/mol. The van der Waals surface area contributed by atoms with Gasteiger partial charge in [0.1, 0.15) is 0 Å². The van der Waals surface area contributed by atoms with Gasteiger partial charge in [-0.3, -0.25) is 4.79 Å². The van der Waals surface area contributed by atoms with E-state index < -0.39 is 18.2 Å². The third-order valence-corrected chi connectivity index (χ3v) is 5.81. The summed E-state index contributed by atoms with van der Waals surface area (Å²) in [5, 5.41) is 7.96. The maximum absolute atomic E-state index is 12.9. The minimum absolute atomic E-state index is 0.213. The lowest BCUT2D eigenvalue weighted by Crippen LogP contribution is -2.49. The molecule has 1 aromatic heterocycles. The minimum atomic E-state index is -0.914. The Balaban J connectivity index is 1.59. The summed E-state index contributed by atoms with van der Waals surface area (Å²) in [6.07, 6.45) is -1.38. The molecule has 0 spiro atoms. The Morgan fingerprint density at radius 3 is 2.71 bits per heavy atom. The number of nitrogens with zero attached hydrogens (tertiary/aromatic N) is 5. The Bertz CT molecular complexity index is 794. The van der Waals surface area contributed by atoms with Crippen LogP contribution in [0.1, 0.15) is 0 Å². The Morgan fingerprint density at radius 1 is 1.25 bits per heavy atom. The molecular weight excluding hydrogens is 386 g/mol. The van der Waals surface area contributed by atoms with Crippen LogP contribution in [0.15, 0.2) is 22.8 Å². The molecule has 150 valence electrons. The van der Waals surface area contributed by atoms with Crippen molar-refractivity contribution in [3.05, 3.63) is 22.8 Å². The van der Waals surface area contributed by atoms with E-state index in [0.29, 0.717) is 36.2 Å². The molecule has 4 rings (SSSR count). The molecule has 0 bridgehead atoms. The van der Waals surface area contributed by atoms with Gasteiger partial charge in [-0.05, 0) is 13.1 Å². The fourth-order valence-corrected chi connectivity index (χ4v) is 4.12. The number of methoxy groups -OCH3 is 1. The fraction of sp³-hybridized carbons (Fsp3) is 0.529. The first kappa shape index (κ1) is 18.8. The molecule has 2 amide bonds. The number of carbonyl (C=O) groups is 2. The third-order valence-electron chi connectivity index (χ3n) is 4.74. The van der Waals surface area contributed by atoms with Crippen molar-refractivity contribution in [3.8, 4) is 5.88 Å². The summed E-state index contributed by atoms with van der Waals surface area (Å²) in [4.78, 5) is 31.4. The van der Waals surface area contributed by atoms with E-state index in [4.69, 9.17) is 14.2 Å². The quantitative estimate of drug-likeness (QED) is 0.710. The third kappa shape index (κ3) is 3.47. The SMILES string of the molecule is COc1ccc(N2C(=O)C3=C(SCCO3)C2OC(=O)N2CCN(C)CC2)nn1. The van der Waals surface area contributed by atoms with Crippen molar-refractivity contribution < 1.29 is 23.8 Å². The van der Waals surface area contributed by atoms with Crippen LogP contribution in [-0.2, 0) is 14.3 Å². The Labute approximate surface area is 166 Å². The molecule has 0 aromatic carbocycles. The summed E-state index contributed by atoms with van der Waals surface area (Å²) in [7, 11) is 3.49. The zero-order valence-corrected chi connectivity index (χ0v) is 16.5. The molecule has 0 aliphatic carbocycles. The molecule has 4 heterocycles. The van der Waals surface area contributed by atoms with Crippen molar-refractivity contribution in [2.24, 2.45) is 0 Å². The minimum Gasteiger partial charge on any atom is -0.486 e. The first-order chi connectivity index (χ1) is 13.6. The maximum Gasteiger partial charge on any atom is 0.412 e. The highest BCUT2D eigenvalue weighted by Crippen LogP contribution is 2.40. The van der Waals surface area contributed by atoms with Crippen molar-refractivity contribution in [2.75, 3.05) is 57.6 Å². The predicted molar refractivity (Wildman–Crippen MR) is 101 cm³/mol. The van der Waals surface area contributed by atoms with E-state index >= 15 is 0 Å². The number of likely N-dealkylation sites (N-methyl/N-ethyl adjacent to an activating group) is 1. The van der Waals surface area contributed by atoms with Crippen LogP contribution in [0.4, 0.5) is 10.6 Å². The van der Waals surface area contributed by atoms with Crippen molar-refractivity contribution in [2.45, 2.75) is 6.23 Å². The summed E-state index contributed by atoms with van der Waals surface area (Å²) in [6.45, 7) is 3.13. The van der Waals surface area contributed by atoms with E-state index in [-0.39, 0.29) is 11.6 Å². The second kappa shape index (κ2) is 7.84. The summed E-state index contributed by atoms with van der Waals surface area (Å²) in [5.41, 5.74) is 0. The van der Waals surface area contributed by atoms with Crippen LogP contribution >= 0.6 is 11.8 Å². The van der Waals surface area contributed by atoms with Gasteiger partial charge in [0, 0.05) is 38.0 Å². The molecule has 11 heteroatoms. The average Bonchev–Trinajstić information content (AvgIpc) is 3.00. The van der Waals surface area contributed by atoms with Gasteiger partial charge in [-0.15, -0.1) is 22.0 Å². The maximum atomic E-state index is 12.9. The molecule has 1 aromatic rings. The van der Waals surface area contributed by atoms with Crippen molar-refractivity contribution in [1.29, 1.82) is 0 Å². The smallest absolute Gasteiger partial charge is 0.412 e. The largest absolute Gasteiger partial charge is 0.486 e. The number of ether oxygens (including phenoxy) is 3. The molecular formula is C17H21N5O5S. The van der Waals surface area contributed by atoms with E-state index in [1.807, 2.05) is 7.05 Å². The van der Waals surface area contributed by atoms with Crippen LogP contribution in [0.25, 0.3) is 0 Å². The van der Waals surface area contributed by atoms with Gasteiger partial charge in [0.15, 0.2) is 11.6 Å². The highest BCUT2D eigenvalue weighted by molar-refractivity contribution is 8.03. The molecule has 10 nitrogen and oxygen atoms in total. The molecule has 0 saturated carbocycles. The zero-order valence-electron chi connectivity index (χ0n) is 15.7. The Kier molecular flexibility index (Phi) is 5.27. The summed E-state index contributed by atoms with van der Waals surface area (Å²) in [6, 6.07) is 3.20. The van der Waals surface area contributed by atoms with Crippen LogP contribution in [0.3, 0.4) is 0 Å². The second-order valence-corrected chi connectivity index (χ2v) is 7.66. The van der Waals surface area contributed by atoms with Gasteiger partial charge in [0.25, 0.3) is 5.91 Å². The topological polar surface area (TPSA) is 97.3 Å². The highest BCUT2D eigenvalue weighted by atomic mass is 32.2. The van der Waals surface area contributed by atoms with Gasteiger partial charge in [-0.25, -0.2) is 9.69 Å². The van der Waals surface area contributed by atoms with Gasteiger partial charge < -0.3 is 24.0 Å². The van der Waals surface area contributed by atoms with Gasteiger partial charge in [0.2, 0.25) is 12.1 Å². The predicted octanol–water partition coefficient (Wildman–Crippen LogP) is 0.517. The zero-order chi connectivity index (χ0) is 19.7. The lowest BCUT2D eigenvalue weighted by Gasteiger charge is -2.33. The number of anilines is 1. The van der Waals surface area contributed by atoms with Gasteiger partial charge >= 0.3 is 6.09 Å². The van der Waals surface area contributed by atoms with Gasteiger partial charge in [-0.2, -0.15) is 0 Å². The van der Waals surface area contributed by atoms with Gasteiger partial charge in [-0.1, -0.05) is 0 Å². The number of hydrogen-bond acceptors (Lipinski definition) is 9. The first-order valence-electron chi connectivity index (χ1n) is 8.93. The monoisotopic (exact) mass is 407 g/mol. The number of hydrogen-bond donors (Lipinski definition) is 0. The van der Waals surface area contributed by atoms with Crippen molar-refractivity contribution in [3.63, 3.8) is 0 Å². The molecule has 1 unspecified atom stereocenters. The lowest BCUT2D eigenvalue weighted by molar-refractivity contribution is -0.118. The number of piperazine rings is 1. The number of carbonyl (C=O) groups excluding carboxylic acids is 2. The van der Waals surface area contributed by atoms with E-state index in [1.165, 1.54) is 23.8 Å². The molecule has 1 fully saturated rings. The van der Waals surface area contributed by atoms with E-state index in [1.54, 1.807) is 17.0 Å². The van der Waals surface area contributed by atoms with Crippen LogP contribution < -0.4 is 9.64 Å². The normalized spacial score (nSPS) is 22.8. The lowest BCUT2D eigenvalue weighted by atomic mass is 10.3. The fourth-order valence-electron chi connectivity index (χ4n) is 3.16. The molecule has 0 radical (unpaired) electrons. The molecule has 0 N–H and O–H groups in total. The van der Waals surface area contributed by atoms with Crippen molar-refractivity contribution in [1.82, 2.24) is 20.0 Å². The summed E-state index contributed by atoms with van der Waals surface area (Å²) < 4.78 is 16.4. The van der Waals surface area contributed by atoms with Crippen LogP contribution in [0.2, 0.25) is 0 Å². The first-order valence-corrected chi connectivity index (χ1v) is 9.92. The van der Waals surface area contributed by atoms with Crippen molar-refractivity contribution >= 4 is 29.6 Å². The van der Waals surface area contributed by atoms with Crippen LogP contribution in [0.5, 0.6) is 5.88 Å². The number of thioether (sulfide) groups is 1. The van der Waals surface area contributed by atoms with E-state index in [9.17, 15) is 9.59 Å². The summed E-state index contributed by atoms with van der Waals surface area (Å²) in [5.74, 6) is 1.09.